The first kappa shape index (κ1) is 52.6. The van der Waals surface area contributed by atoms with Gasteiger partial charge in [0.2, 0.25) is 20.8 Å². The molecule has 12 heteroatoms. The third kappa shape index (κ3) is 56.1. The average molecular weight is 689 g/mol. The molecule has 0 unspecified atom stereocenters. The van der Waals surface area contributed by atoms with Gasteiger partial charge >= 0.3 is 59.1 Å². The van der Waals surface area contributed by atoms with Crippen LogP contribution in [0.15, 0.2) is 0 Å². The van der Waals surface area contributed by atoms with Crippen molar-refractivity contribution in [1.29, 1.82) is 0 Å². The van der Waals surface area contributed by atoms with Crippen molar-refractivity contribution in [3.63, 3.8) is 0 Å². The van der Waals surface area contributed by atoms with Crippen LogP contribution >= 0.6 is 0 Å². The van der Waals surface area contributed by atoms with Crippen molar-refractivity contribution < 1.29 is 93.4 Å². The fourth-order valence-electron chi connectivity index (χ4n) is 4.92. The molecular weight excluding hydrogens is 622 g/mol. The van der Waals surface area contributed by atoms with E-state index in [2.05, 4.69) is 22.2 Å². The molecule has 0 radical (unpaired) electrons. The molecule has 0 bridgehead atoms. The minimum absolute atomic E-state index is 0. The van der Waals surface area contributed by atoms with Crippen molar-refractivity contribution in [3.05, 3.63) is 0 Å². The van der Waals surface area contributed by atoms with E-state index in [0.29, 0.717) is 12.8 Å². The minimum atomic E-state index is -4.49. The molecule has 44 heavy (non-hydrogen) atoms. The molecule has 0 atom stereocenters. The SMILES string of the molecule is CCCCCCCCCCCCCCCCCCOS(=O)(=O)[O-].CCCCCCCCCCCCCCOS(=O)(=O)[O-].[Na+].[Na+]. The maximum atomic E-state index is 10.2. The Morgan fingerprint density at radius 2 is 0.500 bits per heavy atom. The van der Waals surface area contributed by atoms with E-state index < -0.39 is 20.8 Å². The molecule has 0 spiro atoms. The van der Waals surface area contributed by atoms with Gasteiger partial charge in [0.15, 0.2) is 0 Å². The summed E-state index contributed by atoms with van der Waals surface area (Å²) in [6.45, 7) is 4.56. The molecule has 0 aromatic rings. The maximum Gasteiger partial charge on any atom is 1.00 e. The second-order valence-electron chi connectivity index (χ2n) is 11.7. The number of hydrogen-bond donors (Lipinski definition) is 0. The monoisotopic (exact) mass is 688 g/mol. The first-order chi connectivity index (χ1) is 20.1. The molecular formula is C32H66Na2O8S2. The van der Waals surface area contributed by atoms with E-state index in [1.165, 1.54) is 141 Å². The molecule has 0 heterocycles. The number of hydrogen-bond acceptors (Lipinski definition) is 8. The van der Waals surface area contributed by atoms with Gasteiger partial charge in [-0.2, -0.15) is 0 Å². The van der Waals surface area contributed by atoms with Crippen molar-refractivity contribution in [2.45, 2.75) is 194 Å². The number of unbranched alkanes of at least 4 members (excludes halogenated alkanes) is 26. The fraction of sp³-hybridized carbons (Fsp3) is 1.00. The maximum absolute atomic E-state index is 10.2. The van der Waals surface area contributed by atoms with Crippen LogP contribution < -0.4 is 59.1 Å². The zero-order valence-corrected chi connectivity index (χ0v) is 34.9. The van der Waals surface area contributed by atoms with E-state index in [1.54, 1.807) is 0 Å². The van der Waals surface area contributed by atoms with Crippen LogP contribution in [-0.4, -0.2) is 39.2 Å². The predicted molar refractivity (Wildman–Crippen MR) is 172 cm³/mol. The normalized spacial score (nSPS) is 11.4. The molecule has 0 saturated heterocycles. The Morgan fingerprint density at radius 3 is 0.659 bits per heavy atom. The second kappa shape index (κ2) is 40.9. The molecule has 0 N–H and O–H groups in total. The predicted octanol–water partition coefficient (Wildman–Crippen LogP) is 3.90. The summed E-state index contributed by atoms with van der Waals surface area (Å²) >= 11 is 0. The first-order valence-electron chi connectivity index (χ1n) is 17.3. The molecule has 0 rings (SSSR count). The molecule has 0 aliphatic heterocycles. The van der Waals surface area contributed by atoms with Gasteiger partial charge in [-0.25, -0.2) is 16.8 Å². The van der Waals surface area contributed by atoms with Crippen molar-refractivity contribution in [3.8, 4) is 0 Å². The van der Waals surface area contributed by atoms with Crippen LogP contribution in [-0.2, 0) is 29.2 Å². The average Bonchev–Trinajstić information content (AvgIpc) is 2.92. The van der Waals surface area contributed by atoms with E-state index >= 15 is 0 Å². The summed E-state index contributed by atoms with van der Waals surface area (Å²) in [6.07, 6.45) is 34.9. The van der Waals surface area contributed by atoms with Gasteiger partial charge in [0.05, 0.1) is 13.2 Å². The van der Waals surface area contributed by atoms with Crippen LogP contribution in [0, 0.1) is 0 Å². The summed E-state index contributed by atoms with van der Waals surface area (Å²) in [5.74, 6) is 0. The molecule has 0 amide bonds. The van der Waals surface area contributed by atoms with Gasteiger partial charge in [-0.3, -0.25) is 8.37 Å². The van der Waals surface area contributed by atoms with Gasteiger partial charge in [0.1, 0.15) is 0 Å². The summed E-state index contributed by atoms with van der Waals surface area (Å²) in [7, 11) is -8.98. The molecule has 0 aromatic carbocycles. The quantitative estimate of drug-likeness (QED) is 0.0450. The van der Waals surface area contributed by atoms with Gasteiger partial charge < -0.3 is 9.11 Å². The van der Waals surface area contributed by atoms with E-state index in [1.807, 2.05) is 0 Å². The summed E-state index contributed by atoms with van der Waals surface area (Å²) in [5.41, 5.74) is 0. The summed E-state index contributed by atoms with van der Waals surface area (Å²) in [6, 6.07) is 0. The Morgan fingerprint density at radius 1 is 0.341 bits per heavy atom. The Balaban J connectivity index is -0.000000354. The molecule has 256 valence electrons. The van der Waals surface area contributed by atoms with Gasteiger partial charge in [-0.1, -0.05) is 181 Å². The largest absolute Gasteiger partial charge is 1.00 e. The Bertz CT molecular complexity index is 739. The first-order valence-corrected chi connectivity index (χ1v) is 20.0. The van der Waals surface area contributed by atoms with Gasteiger partial charge in [0.25, 0.3) is 0 Å². The smallest absolute Gasteiger partial charge is 0.726 e. The molecule has 0 aliphatic rings. The van der Waals surface area contributed by atoms with Crippen LogP contribution in [0.1, 0.15) is 194 Å². The van der Waals surface area contributed by atoms with E-state index in [9.17, 15) is 25.9 Å². The summed E-state index contributed by atoms with van der Waals surface area (Å²) in [5, 5.41) is 0. The standard InChI is InChI=1S/C18H38O4S.C14H30O4S.2Na/c1-2-3-4-5-6-7-8-9-10-11-12-13-14-15-16-17-18-22-23(19,20)21;1-2-3-4-5-6-7-8-9-10-11-12-13-14-18-19(15,16)17;;/h2-18H2,1H3,(H,19,20,21);2-14H2,1H3,(H,15,16,17);;/q;;2*+1/p-2. The van der Waals surface area contributed by atoms with Crippen LogP contribution in [0.3, 0.4) is 0 Å². The number of rotatable bonds is 32. The molecule has 0 aliphatic carbocycles. The Hall–Kier alpha value is 1.74. The third-order valence-corrected chi connectivity index (χ3v) is 8.36. The molecule has 0 aromatic heterocycles. The second-order valence-corrected chi connectivity index (χ2v) is 13.8. The minimum Gasteiger partial charge on any atom is -0.726 e. The van der Waals surface area contributed by atoms with Gasteiger partial charge in [-0.05, 0) is 12.8 Å². The van der Waals surface area contributed by atoms with Crippen molar-refractivity contribution >= 4 is 20.8 Å². The van der Waals surface area contributed by atoms with Crippen LogP contribution in [0.5, 0.6) is 0 Å². The van der Waals surface area contributed by atoms with Crippen molar-refractivity contribution in [2.24, 2.45) is 0 Å². The fourth-order valence-corrected chi connectivity index (χ4v) is 5.56. The van der Waals surface area contributed by atoms with Crippen molar-refractivity contribution in [2.75, 3.05) is 13.2 Å². The zero-order chi connectivity index (χ0) is 31.6. The molecule has 0 saturated carbocycles. The Kier molecular flexibility index (Phi) is 48.9. The van der Waals surface area contributed by atoms with E-state index in [-0.39, 0.29) is 72.3 Å². The third-order valence-electron chi connectivity index (χ3n) is 7.45. The van der Waals surface area contributed by atoms with E-state index in [4.69, 9.17) is 0 Å². The summed E-state index contributed by atoms with van der Waals surface area (Å²) in [4.78, 5) is 0. The molecule has 8 nitrogen and oxygen atoms in total. The van der Waals surface area contributed by atoms with Gasteiger partial charge in [-0.15, -0.1) is 0 Å². The van der Waals surface area contributed by atoms with Crippen LogP contribution in [0.2, 0.25) is 0 Å². The van der Waals surface area contributed by atoms with Crippen LogP contribution in [0.25, 0.3) is 0 Å². The zero-order valence-electron chi connectivity index (χ0n) is 29.3. The summed E-state index contributed by atoms with van der Waals surface area (Å²) < 4.78 is 69.4. The Labute approximate surface area is 318 Å². The van der Waals surface area contributed by atoms with E-state index in [0.717, 1.165) is 25.7 Å². The molecule has 0 fully saturated rings. The van der Waals surface area contributed by atoms with Crippen molar-refractivity contribution in [1.82, 2.24) is 0 Å². The van der Waals surface area contributed by atoms with Gasteiger partial charge in [0, 0.05) is 0 Å². The van der Waals surface area contributed by atoms with Crippen LogP contribution in [0.4, 0.5) is 0 Å². The topological polar surface area (TPSA) is 133 Å².